The number of anilines is 1. The van der Waals surface area contributed by atoms with E-state index >= 15 is 0 Å². The molecule has 0 radical (unpaired) electrons. The van der Waals surface area contributed by atoms with Crippen LogP contribution in [0.3, 0.4) is 0 Å². The number of halogens is 1. The molecule has 3 aromatic rings. The highest BCUT2D eigenvalue weighted by Gasteiger charge is 2.28. The monoisotopic (exact) mass is 524 g/mol. The summed E-state index contributed by atoms with van der Waals surface area (Å²) in [6, 6.07) is 11.1. The minimum absolute atomic E-state index is 0.00284. The molecular formula is C28H29ClN2O4S. The molecule has 0 unspecified atom stereocenters. The van der Waals surface area contributed by atoms with Crippen LogP contribution >= 0.6 is 11.6 Å². The van der Waals surface area contributed by atoms with Crippen LogP contribution in [-0.2, 0) is 20.2 Å². The highest BCUT2D eigenvalue weighted by atomic mass is 35.5. The molecule has 1 aliphatic carbocycles. The van der Waals surface area contributed by atoms with Crippen molar-refractivity contribution in [3.63, 3.8) is 0 Å². The Morgan fingerprint density at radius 2 is 1.75 bits per heavy atom. The number of benzene rings is 2. The third-order valence-electron chi connectivity index (χ3n) is 6.15. The van der Waals surface area contributed by atoms with Crippen LogP contribution in [-0.4, -0.2) is 32.6 Å². The van der Waals surface area contributed by atoms with E-state index in [2.05, 4.69) is 25.5 Å². The Morgan fingerprint density at radius 1 is 1.08 bits per heavy atom. The zero-order valence-corrected chi connectivity index (χ0v) is 22.8. The number of rotatable bonds is 5. The molecule has 8 heteroatoms. The number of sulfonamides is 1. The second-order valence-electron chi connectivity index (χ2n) is 10.1. The summed E-state index contributed by atoms with van der Waals surface area (Å²) in [4.78, 5) is 17.8. The molecule has 36 heavy (non-hydrogen) atoms. The van der Waals surface area contributed by atoms with E-state index < -0.39 is 10.0 Å². The molecule has 1 aromatic heterocycles. The summed E-state index contributed by atoms with van der Waals surface area (Å²) in [7, 11) is -1.73. The van der Waals surface area contributed by atoms with Gasteiger partial charge in [-0.3, -0.25) is 14.5 Å². The highest BCUT2D eigenvalue weighted by Crippen LogP contribution is 2.43. The fraction of sp³-hybridized carbons (Fsp3) is 0.286. The van der Waals surface area contributed by atoms with Crippen molar-refractivity contribution in [3.05, 3.63) is 70.4 Å². The zero-order chi connectivity index (χ0) is 26.4. The van der Waals surface area contributed by atoms with Crippen LogP contribution in [0.15, 0.2) is 59.3 Å². The SMILES string of the molecule is COc1c(C(C)(C)C)cc(C2=CC(Cl)=C(C)CC2=O)c2ncc(-c3ccc(NS(C)(=O)=O)cc3)cc12. The Balaban J connectivity index is 1.95. The number of nitrogens with one attached hydrogen (secondary N) is 1. The molecular weight excluding hydrogens is 496 g/mol. The molecule has 1 aliphatic rings. The van der Waals surface area contributed by atoms with Gasteiger partial charge < -0.3 is 4.74 Å². The lowest BCUT2D eigenvalue weighted by Crippen LogP contribution is -2.15. The zero-order valence-electron chi connectivity index (χ0n) is 21.2. The largest absolute Gasteiger partial charge is 0.496 e. The fourth-order valence-corrected chi connectivity index (χ4v) is 5.08. The molecule has 0 aliphatic heterocycles. The Bertz CT molecular complexity index is 1550. The Hall–Kier alpha value is -3.16. The highest BCUT2D eigenvalue weighted by molar-refractivity contribution is 7.92. The second kappa shape index (κ2) is 9.37. The molecule has 188 valence electrons. The summed E-state index contributed by atoms with van der Waals surface area (Å²) < 4.78 is 31.4. The number of ether oxygens (including phenoxy) is 1. The van der Waals surface area contributed by atoms with Gasteiger partial charge in [0, 0.05) is 51.0 Å². The van der Waals surface area contributed by atoms with E-state index in [1.807, 2.05) is 31.2 Å². The van der Waals surface area contributed by atoms with Crippen molar-refractivity contribution in [1.82, 2.24) is 4.98 Å². The summed E-state index contributed by atoms with van der Waals surface area (Å²) in [5, 5.41) is 1.36. The van der Waals surface area contributed by atoms with Crippen molar-refractivity contribution in [2.75, 3.05) is 18.1 Å². The number of hydrogen-bond donors (Lipinski definition) is 1. The Morgan fingerprint density at radius 3 is 2.33 bits per heavy atom. The lowest BCUT2D eigenvalue weighted by atomic mass is 9.81. The maximum absolute atomic E-state index is 13.1. The number of carbonyl (C=O) groups excluding carboxylic acids is 1. The summed E-state index contributed by atoms with van der Waals surface area (Å²) in [5.74, 6) is 0.704. The molecule has 0 spiro atoms. The third kappa shape index (κ3) is 5.18. The van der Waals surface area contributed by atoms with E-state index in [4.69, 9.17) is 21.3 Å². The molecule has 0 amide bonds. The Labute approximate surface area is 217 Å². The maximum Gasteiger partial charge on any atom is 0.229 e. The van der Waals surface area contributed by atoms with Crippen molar-refractivity contribution in [3.8, 4) is 16.9 Å². The fourth-order valence-electron chi connectivity index (χ4n) is 4.34. The number of aromatic nitrogens is 1. The van der Waals surface area contributed by atoms with Crippen molar-refractivity contribution >= 4 is 49.6 Å². The van der Waals surface area contributed by atoms with Crippen LogP contribution in [0.5, 0.6) is 5.75 Å². The van der Waals surface area contributed by atoms with Gasteiger partial charge in [-0.1, -0.05) is 44.5 Å². The van der Waals surface area contributed by atoms with Crippen LogP contribution in [0, 0.1) is 0 Å². The van der Waals surface area contributed by atoms with Crippen LogP contribution in [0.2, 0.25) is 0 Å². The van der Waals surface area contributed by atoms with Crippen molar-refractivity contribution in [1.29, 1.82) is 0 Å². The van der Waals surface area contributed by atoms with Crippen molar-refractivity contribution in [2.45, 2.75) is 39.5 Å². The van der Waals surface area contributed by atoms with Crippen LogP contribution in [0.1, 0.15) is 45.2 Å². The lowest BCUT2D eigenvalue weighted by molar-refractivity contribution is -0.113. The minimum Gasteiger partial charge on any atom is -0.496 e. The van der Waals surface area contributed by atoms with Gasteiger partial charge in [0.05, 0.1) is 18.9 Å². The summed E-state index contributed by atoms with van der Waals surface area (Å²) in [5.41, 5.74) is 5.64. The summed E-state index contributed by atoms with van der Waals surface area (Å²) >= 11 is 6.44. The molecule has 6 nitrogen and oxygen atoms in total. The van der Waals surface area contributed by atoms with Crippen molar-refractivity contribution in [2.24, 2.45) is 0 Å². The van der Waals surface area contributed by atoms with Crippen LogP contribution < -0.4 is 9.46 Å². The Kier molecular flexibility index (Phi) is 6.75. The quantitative estimate of drug-likeness (QED) is 0.414. The average molecular weight is 525 g/mol. The van der Waals surface area contributed by atoms with Gasteiger partial charge in [-0.15, -0.1) is 0 Å². The third-order valence-corrected chi connectivity index (χ3v) is 7.19. The molecule has 1 N–H and O–H groups in total. The van der Waals surface area contributed by atoms with Gasteiger partial charge in [-0.05, 0) is 53.8 Å². The van der Waals surface area contributed by atoms with Crippen molar-refractivity contribution < 1.29 is 17.9 Å². The minimum atomic E-state index is -3.36. The average Bonchev–Trinajstić information content (AvgIpc) is 2.79. The molecule has 1 heterocycles. The smallest absolute Gasteiger partial charge is 0.229 e. The number of methoxy groups -OCH3 is 1. The van der Waals surface area contributed by atoms with E-state index in [0.29, 0.717) is 27.6 Å². The molecule has 0 bridgehead atoms. The number of ketones is 1. The molecule has 0 fully saturated rings. The van der Waals surface area contributed by atoms with Crippen LogP contribution in [0.4, 0.5) is 5.69 Å². The predicted octanol–water partition coefficient (Wildman–Crippen LogP) is 6.45. The summed E-state index contributed by atoms with van der Waals surface area (Å²) in [6.07, 6.45) is 4.87. The number of carbonyl (C=O) groups is 1. The van der Waals surface area contributed by atoms with Gasteiger partial charge in [-0.25, -0.2) is 8.42 Å². The molecule has 0 saturated heterocycles. The molecule has 0 saturated carbocycles. The number of nitrogens with zero attached hydrogens (tertiary/aromatic N) is 1. The number of pyridine rings is 1. The molecule has 0 atom stereocenters. The molecule has 2 aromatic carbocycles. The number of Topliss-reactive ketones (excluding diaryl/α,β-unsaturated/α-hetero) is 1. The van der Waals surface area contributed by atoms with E-state index in [-0.39, 0.29) is 17.6 Å². The number of hydrogen-bond acceptors (Lipinski definition) is 5. The van der Waals surface area contributed by atoms with Gasteiger partial charge in [0.2, 0.25) is 10.0 Å². The first-order chi connectivity index (χ1) is 16.8. The van der Waals surface area contributed by atoms with Gasteiger partial charge in [0.15, 0.2) is 5.78 Å². The number of fused-ring (bicyclic) bond motifs is 1. The standard InChI is InChI=1S/C28H29ClN2O4S/c1-16-11-25(32)20(14-24(16)29)21-13-23(28(2,3)4)27(35-5)22-12-18(15-30-26(21)22)17-7-9-19(10-8-17)31-36(6,33)34/h7-10,12-15,31H,11H2,1-6H3. The predicted molar refractivity (Wildman–Crippen MR) is 147 cm³/mol. The first kappa shape index (κ1) is 25.9. The first-order valence-corrected chi connectivity index (χ1v) is 13.8. The first-order valence-electron chi connectivity index (χ1n) is 11.5. The van der Waals surface area contributed by atoms with Gasteiger partial charge in [-0.2, -0.15) is 0 Å². The van der Waals surface area contributed by atoms with Gasteiger partial charge in [0.1, 0.15) is 5.75 Å². The number of allylic oxidation sites excluding steroid dienone is 4. The van der Waals surface area contributed by atoms with E-state index in [9.17, 15) is 13.2 Å². The summed E-state index contributed by atoms with van der Waals surface area (Å²) in [6.45, 7) is 8.15. The van der Waals surface area contributed by atoms with Gasteiger partial charge >= 0.3 is 0 Å². The van der Waals surface area contributed by atoms with Gasteiger partial charge in [0.25, 0.3) is 0 Å². The lowest BCUT2D eigenvalue weighted by Gasteiger charge is -2.26. The van der Waals surface area contributed by atoms with E-state index in [0.717, 1.165) is 39.5 Å². The van der Waals surface area contributed by atoms with E-state index in [1.165, 1.54) is 0 Å². The second-order valence-corrected chi connectivity index (χ2v) is 12.3. The normalized spacial score (nSPS) is 14.8. The van der Waals surface area contributed by atoms with E-state index in [1.54, 1.807) is 31.5 Å². The molecule has 4 rings (SSSR count). The maximum atomic E-state index is 13.1. The van der Waals surface area contributed by atoms with Crippen LogP contribution in [0.25, 0.3) is 27.6 Å². The topological polar surface area (TPSA) is 85.4 Å².